The highest BCUT2D eigenvalue weighted by Gasteiger charge is 2.05. The predicted octanol–water partition coefficient (Wildman–Crippen LogP) is 2.17. The Morgan fingerprint density at radius 2 is 2.11 bits per heavy atom. The van der Waals surface area contributed by atoms with Crippen molar-refractivity contribution in [3.8, 4) is 5.88 Å². The Hall–Kier alpha value is -0.840. The SMILES string of the molecule is CCN(CC)CCOc1ncc(CNC)cc1Cl. The molecule has 0 aromatic carbocycles. The molecule has 1 aromatic rings. The third-order valence-electron chi connectivity index (χ3n) is 2.79. The topological polar surface area (TPSA) is 37.4 Å². The van der Waals surface area contributed by atoms with E-state index in [1.807, 2.05) is 13.1 Å². The minimum atomic E-state index is 0.517. The van der Waals surface area contributed by atoms with Gasteiger partial charge >= 0.3 is 0 Å². The first-order valence-corrected chi connectivity index (χ1v) is 6.73. The van der Waals surface area contributed by atoms with Gasteiger partial charge < -0.3 is 15.0 Å². The zero-order chi connectivity index (χ0) is 13.4. The number of nitrogens with zero attached hydrogens (tertiary/aromatic N) is 2. The molecule has 5 heteroatoms. The molecule has 4 nitrogen and oxygen atoms in total. The molecule has 0 fully saturated rings. The maximum atomic E-state index is 6.12. The summed E-state index contributed by atoms with van der Waals surface area (Å²) in [6.45, 7) is 8.60. The second-order valence-electron chi connectivity index (χ2n) is 4.04. The van der Waals surface area contributed by atoms with Gasteiger partial charge in [-0.1, -0.05) is 25.4 Å². The molecule has 0 amide bonds. The van der Waals surface area contributed by atoms with Gasteiger partial charge in [-0.15, -0.1) is 0 Å². The maximum Gasteiger partial charge on any atom is 0.232 e. The molecular weight excluding hydrogens is 250 g/mol. The molecule has 0 saturated carbocycles. The predicted molar refractivity (Wildman–Crippen MR) is 75.3 cm³/mol. The van der Waals surface area contributed by atoms with E-state index >= 15 is 0 Å². The van der Waals surface area contributed by atoms with E-state index in [1.165, 1.54) is 0 Å². The van der Waals surface area contributed by atoms with Crippen molar-refractivity contribution in [2.24, 2.45) is 0 Å². The summed E-state index contributed by atoms with van der Waals surface area (Å²) in [5, 5.41) is 3.63. The molecule has 0 spiro atoms. The first-order valence-electron chi connectivity index (χ1n) is 6.35. The summed E-state index contributed by atoms with van der Waals surface area (Å²) < 4.78 is 5.60. The fourth-order valence-corrected chi connectivity index (χ4v) is 1.93. The van der Waals surface area contributed by atoms with E-state index in [1.54, 1.807) is 6.20 Å². The maximum absolute atomic E-state index is 6.12. The minimum absolute atomic E-state index is 0.517. The third kappa shape index (κ3) is 4.80. The normalized spacial score (nSPS) is 10.9. The molecular formula is C13H22ClN3O. The molecule has 1 N–H and O–H groups in total. The number of pyridine rings is 1. The van der Waals surface area contributed by atoms with Crippen LogP contribution in [0, 0.1) is 0 Å². The summed E-state index contributed by atoms with van der Waals surface area (Å²) in [5.41, 5.74) is 1.05. The van der Waals surface area contributed by atoms with Crippen LogP contribution < -0.4 is 10.1 Å². The van der Waals surface area contributed by atoms with Crippen LogP contribution in [-0.2, 0) is 6.54 Å². The van der Waals surface area contributed by atoms with Crippen molar-refractivity contribution in [2.45, 2.75) is 20.4 Å². The van der Waals surface area contributed by atoms with Gasteiger partial charge in [-0.25, -0.2) is 4.98 Å². The van der Waals surface area contributed by atoms with Crippen LogP contribution in [0.15, 0.2) is 12.3 Å². The van der Waals surface area contributed by atoms with Crippen molar-refractivity contribution in [1.29, 1.82) is 0 Å². The van der Waals surface area contributed by atoms with Crippen LogP contribution in [-0.4, -0.2) is 43.2 Å². The molecule has 0 saturated heterocycles. The zero-order valence-electron chi connectivity index (χ0n) is 11.4. The summed E-state index contributed by atoms with van der Waals surface area (Å²) in [6.07, 6.45) is 1.79. The Bertz CT molecular complexity index is 356. The smallest absolute Gasteiger partial charge is 0.232 e. The molecule has 0 aliphatic rings. The van der Waals surface area contributed by atoms with Gasteiger partial charge in [-0.05, 0) is 31.8 Å². The van der Waals surface area contributed by atoms with Crippen LogP contribution in [0.25, 0.3) is 0 Å². The first kappa shape index (κ1) is 15.2. The Morgan fingerprint density at radius 3 is 2.67 bits per heavy atom. The molecule has 0 radical (unpaired) electrons. The second kappa shape index (κ2) is 8.29. The summed E-state index contributed by atoms with van der Waals surface area (Å²) in [7, 11) is 1.89. The molecule has 1 heterocycles. The fourth-order valence-electron chi connectivity index (χ4n) is 1.68. The highest BCUT2D eigenvalue weighted by molar-refractivity contribution is 6.31. The van der Waals surface area contributed by atoms with E-state index in [9.17, 15) is 0 Å². The van der Waals surface area contributed by atoms with Gasteiger partial charge in [0.25, 0.3) is 0 Å². The van der Waals surface area contributed by atoms with Crippen molar-refractivity contribution in [3.63, 3.8) is 0 Å². The van der Waals surface area contributed by atoms with Crippen LogP contribution in [0.4, 0.5) is 0 Å². The van der Waals surface area contributed by atoms with E-state index in [0.29, 0.717) is 17.5 Å². The molecule has 0 bridgehead atoms. The molecule has 18 heavy (non-hydrogen) atoms. The van der Waals surface area contributed by atoms with Crippen LogP contribution >= 0.6 is 11.6 Å². The average molecular weight is 272 g/mol. The van der Waals surface area contributed by atoms with Gasteiger partial charge in [0.1, 0.15) is 11.6 Å². The number of nitrogens with one attached hydrogen (secondary N) is 1. The summed E-state index contributed by atoms with van der Waals surface area (Å²) in [5.74, 6) is 0.517. The van der Waals surface area contributed by atoms with Gasteiger partial charge in [0, 0.05) is 19.3 Å². The van der Waals surface area contributed by atoms with Crippen LogP contribution in [0.1, 0.15) is 19.4 Å². The average Bonchev–Trinajstić information content (AvgIpc) is 2.37. The summed E-state index contributed by atoms with van der Waals surface area (Å²) >= 11 is 6.12. The number of likely N-dealkylation sites (N-methyl/N-ethyl adjacent to an activating group) is 1. The fraction of sp³-hybridized carbons (Fsp3) is 0.615. The number of ether oxygens (including phenoxy) is 1. The van der Waals surface area contributed by atoms with E-state index in [0.717, 1.165) is 31.7 Å². The number of rotatable bonds is 8. The van der Waals surface area contributed by atoms with Crippen LogP contribution in [0.3, 0.4) is 0 Å². The highest BCUT2D eigenvalue weighted by atomic mass is 35.5. The van der Waals surface area contributed by atoms with E-state index < -0.39 is 0 Å². The summed E-state index contributed by atoms with van der Waals surface area (Å²) in [4.78, 5) is 6.53. The van der Waals surface area contributed by atoms with Crippen molar-refractivity contribution in [2.75, 3.05) is 33.3 Å². The lowest BCUT2D eigenvalue weighted by molar-refractivity contribution is 0.218. The van der Waals surface area contributed by atoms with E-state index in [2.05, 4.69) is 29.0 Å². The Labute approximate surface area is 114 Å². The lowest BCUT2D eigenvalue weighted by Gasteiger charge is -2.18. The van der Waals surface area contributed by atoms with Crippen LogP contribution in [0.5, 0.6) is 5.88 Å². The van der Waals surface area contributed by atoms with Crippen LogP contribution in [0.2, 0.25) is 5.02 Å². The van der Waals surface area contributed by atoms with Crippen molar-refractivity contribution in [1.82, 2.24) is 15.2 Å². The third-order valence-corrected chi connectivity index (χ3v) is 3.06. The minimum Gasteiger partial charge on any atom is -0.475 e. The summed E-state index contributed by atoms with van der Waals surface area (Å²) in [6, 6.07) is 1.89. The number of hydrogen-bond acceptors (Lipinski definition) is 4. The van der Waals surface area contributed by atoms with Gasteiger partial charge in [-0.3, -0.25) is 0 Å². The molecule has 0 unspecified atom stereocenters. The molecule has 0 atom stereocenters. The van der Waals surface area contributed by atoms with Crippen molar-refractivity contribution < 1.29 is 4.74 Å². The van der Waals surface area contributed by atoms with Gasteiger partial charge in [0.15, 0.2) is 0 Å². The van der Waals surface area contributed by atoms with Gasteiger partial charge in [0.2, 0.25) is 5.88 Å². The molecule has 1 rings (SSSR count). The number of halogens is 1. The molecule has 0 aliphatic carbocycles. The highest BCUT2D eigenvalue weighted by Crippen LogP contribution is 2.22. The lowest BCUT2D eigenvalue weighted by atomic mass is 10.3. The molecule has 0 aliphatic heterocycles. The number of aromatic nitrogens is 1. The first-order chi connectivity index (χ1) is 8.71. The van der Waals surface area contributed by atoms with Gasteiger partial charge in [0.05, 0.1) is 0 Å². The Morgan fingerprint density at radius 1 is 1.39 bits per heavy atom. The Kier molecular flexibility index (Phi) is 7.01. The van der Waals surface area contributed by atoms with Crippen molar-refractivity contribution >= 4 is 11.6 Å². The second-order valence-corrected chi connectivity index (χ2v) is 4.44. The molecule has 102 valence electrons. The number of hydrogen-bond donors (Lipinski definition) is 1. The standard InChI is InChI=1S/C13H22ClN3O/c1-4-17(5-2)6-7-18-13-12(14)8-11(9-15-3)10-16-13/h8,10,15H,4-7,9H2,1-3H3. The van der Waals surface area contributed by atoms with E-state index in [4.69, 9.17) is 16.3 Å². The monoisotopic (exact) mass is 271 g/mol. The quantitative estimate of drug-likeness (QED) is 0.786. The van der Waals surface area contributed by atoms with Gasteiger partial charge in [-0.2, -0.15) is 0 Å². The zero-order valence-corrected chi connectivity index (χ0v) is 12.1. The lowest BCUT2D eigenvalue weighted by Crippen LogP contribution is -2.28. The molecule has 1 aromatic heterocycles. The van der Waals surface area contributed by atoms with Crippen molar-refractivity contribution in [3.05, 3.63) is 22.8 Å². The Balaban J connectivity index is 2.47. The van der Waals surface area contributed by atoms with E-state index in [-0.39, 0.29) is 0 Å². The largest absolute Gasteiger partial charge is 0.475 e.